The molecule has 0 saturated heterocycles. The van der Waals surface area contributed by atoms with Gasteiger partial charge in [-0.1, -0.05) is 0 Å². The molecule has 0 spiro atoms. The summed E-state index contributed by atoms with van der Waals surface area (Å²) in [5.41, 5.74) is -1.09. The minimum Gasteiger partial charge on any atom is -0.469 e. The summed E-state index contributed by atoms with van der Waals surface area (Å²) in [6, 6.07) is 7.75. The van der Waals surface area contributed by atoms with Gasteiger partial charge in [-0.05, 0) is 25.5 Å². The van der Waals surface area contributed by atoms with Crippen LogP contribution in [0.4, 0.5) is 0 Å². The van der Waals surface area contributed by atoms with Crippen molar-refractivity contribution in [1.29, 1.82) is 10.5 Å². The Bertz CT molecular complexity index is 425. The maximum atomic E-state index is 9.21. The van der Waals surface area contributed by atoms with Gasteiger partial charge in [-0.25, -0.2) is 0 Å². The van der Waals surface area contributed by atoms with Crippen LogP contribution < -0.4 is 0 Å². The molecule has 2 rings (SSSR count). The van der Waals surface area contributed by atoms with Gasteiger partial charge in [0.1, 0.15) is 5.76 Å². The SMILES string of the molecule is CCO[C@H]1C[C@@H](c2ccco2)C1(C#N)C#N. The molecule has 1 heterocycles. The molecule has 1 aliphatic carbocycles. The van der Waals surface area contributed by atoms with Gasteiger partial charge < -0.3 is 9.15 Å². The second kappa shape index (κ2) is 4.00. The molecule has 1 aliphatic rings. The van der Waals surface area contributed by atoms with Gasteiger partial charge >= 0.3 is 0 Å². The van der Waals surface area contributed by atoms with Crippen molar-refractivity contribution < 1.29 is 9.15 Å². The van der Waals surface area contributed by atoms with E-state index in [9.17, 15) is 10.5 Å². The van der Waals surface area contributed by atoms with Crippen molar-refractivity contribution in [2.24, 2.45) is 5.41 Å². The summed E-state index contributed by atoms with van der Waals surface area (Å²) in [5, 5.41) is 18.4. The van der Waals surface area contributed by atoms with E-state index in [2.05, 4.69) is 12.1 Å². The van der Waals surface area contributed by atoms with Crippen LogP contribution in [0.1, 0.15) is 25.0 Å². The fourth-order valence-corrected chi connectivity index (χ4v) is 2.21. The maximum Gasteiger partial charge on any atom is 0.179 e. The zero-order chi connectivity index (χ0) is 11.6. The Morgan fingerprint density at radius 1 is 1.56 bits per heavy atom. The molecule has 0 aliphatic heterocycles. The van der Waals surface area contributed by atoms with Crippen LogP contribution in [0.5, 0.6) is 0 Å². The van der Waals surface area contributed by atoms with E-state index in [-0.39, 0.29) is 12.0 Å². The number of nitrogens with zero attached hydrogens (tertiary/aromatic N) is 2. The average molecular weight is 216 g/mol. The molecule has 82 valence electrons. The molecule has 4 heteroatoms. The Kier molecular flexibility index (Phi) is 2.68. The highest BCUT2D eigenvalue weighted by Gasteiger charge is 2.59. The number of hydrogen-bond acceptors (Lipinski definition) is 4. The fraction of sp³-hybridized carbons (Fsp3) is 0.500. The molecule has 2 atom stereocenters. The topological polar surface area (TPSA) is 69.9 Å². The van der Waals surface area contributed by atoms with Gasteiger partial charge in [0.25, 0.3) is 0 Å². The van der Waals surface area contributed by atoms with Crippen molar-refractivity contribution >= 4 is 0 Å². The van der Waals surface area contributed by atoms with E-state index in [4.69, 9.17) is 9.15 Å². The summed E-state index contributed by atoms with van der Waals surface area (Å²) in [5.74, 6) is 0.521. The highest BCUT2D eigenvalue weighted by Crippen LogP contribution is 2.53. The zero-order valence-electron chi connectivity index (χ0n) is 9.01. The number of furan rings is 1. The Labute approximate surface area is 94.0 Å². The average Bonchev–Trinajstić information content (AvgIpc) is 2.79. The summed E-state index contributed by atoms with van der Waals surface area (Å²) in [4.78, 5) is 0. The minimum absolute atomic E-state index is 0.172. The van der Waals surface area contributed by atoms with Gasteiger partial charge in [0.2, 0.25) is 0 Å². The molecule has 1 aromatic heterocycles. The predicted molar refractivity (Wildman–Crippen MR) is 55.1 cm³/mol. The monoisotopic (exact) mass is 216 g/mol. The van der Waals surface area contributed by atoms with Gasteiger partial charge in [-0.2, -0.15) is 10.5 Å². The van der Waals surface area contributed by atoms with Crippen molar-refractivity contribution in [3.8, 4) is 12.1 Å². The molecule has 4 nitrogen and oxygen atoms in total. The molecule has 1 fully saturated rings. The largest absolute Gasteiger partial charge is 0.469 e. The molecule has 0 bridgehead atoms. The maximum absolute atomic E-state index is 9.21. The third-order valence-electron chi connectivity index (χ3n) is 3.13. The second-order valence-electron chi connectivity index (χ2n) is 3.84. The highest BCUT2D eigenvalue weighted by molar-refractivity contribution is 5.34. The summed E-state index contributed by atoms with van der Waals surface area (Å²) in [6.45, 7) is 2.38. The molecule has 16 heavy (non-hydrogen) atoms. The summed E-state index contributed by atoms with van der Waals surface area (Å²) >= 11 is 0. The first kappa shape index (κ1) is 10.7. The molecule has 1 saturated carbocycles. The van der Waals surface area contributed by atoms with E-state index in [1.807, 2.05) is 6.92 Å². The van der Waals surface area contributed by atoms with Crippen LogP contribution in [-0.2, 0) is 4.74 Å². The van der Waals surface area contributed by atoms with Crippen LogP contribution >= 0.6 is 0 Å². The van der Waals surface area contributed by atoms with Gasteiger partial charge in [-0.15, -0.1) is 0 Å². The fourth-order valence-electron chi connectivity index (χ4n) is 2.21. The van der Waals surface area contributed by atoms with Gasteiger partial charge in [0, 0.05) is 6.61 Å². The van der Waals surface area contributed by atoms with Crippen molar-refractivity contribution in [3.63, 3.8) is 0 Å². The van der Waals surface area contributed by atoms with Crippen LogP contribution in [0.3, 0.4) is 0 Å². The predicted octanol–water partition coefficient (Wildman–Crippen LogP) is 2.21. The first-order valence-electron chi connectivity index (χ1n) is 5.26. The molecular formula is C12H12N2O2. The Hall–Kier alpha value is -1.78. The van der Waals surface area contributed by atoms with E-state index >= 15 is 0 Å². The van der Waals surface area contributed by atoms with Crippen molar-refractivity contribution in [2.75, 3.05) is 6.61 Å². The van der Waals surface area contributed by atoms with E-state index in [1.165, 1.54) is 0 Å². The highest BCUT2D eigenvalue weighted by atomic mass is 16.5. The van der Waals surface area contributed by atoms with E-state index in [1.54, 1.807) is 18.4 Å². The summed E-state index contributed by atoms with van der Waals surface area (Å²) < 4.78 is 10.7. The molecule has 0 radical (unpaired) electrons. The first-order chi connectivity index (χ1) is 7.78. The van der Waals surface area contributed by atoms with Crippen molar-refractivity contribution in [1.82, 2.24) is 0 Å². The summed E-state index contributed by atoms with van der Waals surface area (Å²) in [7, 11) is 0. The molecule has 0 amide bonds. The third kappa shape index (κ3) is 1.31. The lowest BCUT2D eigenvalue weighted by Gasteiger charge is -2.45. The Balaban J connectivity index is 2.26. The normalized spacial score (nSPS) is 26.4. The standard InChI is InChI=1S/C12H12N2O2/c1-2-15-11-6-9(10-4-3-5-16-10)12(11,7-13)8-14/h3-5,9,11H,2,6H2,1H3/t9-,11-/m0/s1. The number of rotatable bonds is 3. The van der Waals surface area contributed by atoms with Gasteiger partial charge in [0.15, 0.2) is 5.41 Å². The smallest absolute Gasteiger partial charge is 0.179 e. The first-order valence-corrected chi connectivity index (χ1v) is 5.26. The lowest BCUT2D eigenvalue weighted by molar-refractivity contribution is -0.0724. The van der Waals surface area contributed by atoms with E-state index < -0.39 is 5.41 Å². The molecule has 0 unspecified atom stereocenters. The van der Waals surface area contributed by atoms with Crippen LogP contribution in [0.15, 0.2) is 22.8 Å². The van der Waals surface area contributed by atoms with E-state index in [0.29, 0.717) is 18.8 Å². The van der Waals surface area contributed by atoms with Crippen molar-refractivity contribution in [2.45, 2.75) is 25.4 Å². The molecule has 0 N–H and O–H groups in total. The quantitative estimate of drug-likeness (QED) is 0.776. The molecule has 1 aromatic rings. The number of ether oxygens (including phenoxy) is 1. The Morgan fingerprint density at radius 3 is 2.81 bits per heavy atom. The lowest BCUT2D eigenvalue weighted by Crippen LogP contribution is -2.51. The number of hydrogen-bond donors (Lipinski definition) is 0. The van der Waals surface area contributed by atoms with E-state index in [0.717, 1.165) is 0 Å². The zero-order valence-corrected chi connectivity index (χ0v) is 9.01. The van der Waals surface area contributed by atoms with Crippen LogP contribution in [0.2, 0.25) is 0 Å². The number of nitriles is 2. The Morgan fingerprint density at radius 2 is 2.31 bits per heavy atom. The van der Waals surface area contributed by atoms with Crippen LogP contribution in [0, 0.1) is 28.1 Å². The van der Waals surface area contributed by atoms with Crippen molar-refractivity contribution in [3.05, 3.63) is 24.2 Å². The van der Waals surface area contributed by atoms with Crippen LogP contribution in [-0.4, -0.2) is 12.7 Å². The summed E-state index contributed by atoms with van der Waals surface area (Å²) in [6.07, 6.45) is 1.92. The third-order valence-corrected chi connectivity index (χ3v) is 3.13. The van der Waals surface area contributed by atoms with Gasteiger partial charge in [0.05, 0.1) is 30.4 Å². The van der Waals surface area contributed by atoms with Gasteiger partial charge in [-0.3, -0.25) is 0 Å². The molecule has 0 aromatic carbocycles. The second-order valence-corrected chi connectivity index (χ2v) is 3.84. The van der Waals surface area contributed by atoms with Crippen LogP contribution in [0.25, 0.3) is 0 Å². The molecular weight excluding hydrogens is 204 g/mol. The lowest BCUT2D eigenvalue weighted by atomic mass is 9.58. The minimum atomic E-state index is -1.09.